The molecule has 2 aromatic heterocycles. The van der Waals surface area contributed by atoms with E-state index < -0.39 is 11.7 Å². The molecule has 0 atom stereocenters. The molecule has 0 aliphatic heterocycles. The van der Waals surface area contributed by atoms with Crippen LogP contribution in [-0.4, -0.2) is 27.7 Å². The van der Waals surface area contributed by atoms with E-state index in [4.69, 9.17) is 0 Å². The van der Waals surface area contributed by atoms with Crippen molar-refractivity contribution in [3.05, 3.63) is 66.0 Å². The highest BCUT2D eigenvalue weighted by molar-refractivity contribution is 6.09. The molecule has 3 rings (SSSR count). The number of hydrogen-bond donors (Lipinski definition) is 2. The molecule has 27 heavy (non-hydrogen) atoms. The number of nitrogens with one attached hydrogen (secondary N) is 2. The van der Waals surface area contributed by atoms with Gasteiger partial charge in [0.05, 0.1) is 11.2 Å². The van der Waals surface area contributed by atoms with E-state index >= 15 is 0 Å². The lowest BCUT2D eigenvalue weighted by atomic mass is 10.1. The average Bonchev–Trinajstić information content (AvgIpc) is 3.03. The summed E-state index contributed by atoms with van der Waals surface area (Å²) in [5.74, 6) is -0.898. The predicted octanol–water partition coefficient (Wildman–Crippen LogP) is 3.50. The number of imidazole rings is 1. The van der Waals surface area contributed by atoms with Crippen molar-refractivity contribution in [2.24, 2.45) is 5.92 Å². The summed E-state index contributed by atoms with van der Waals surface area (Å²) in [4.78, 5) is 29.4. The molecule has 2 N–H and O–H groups in total. The first kappa shape index (κ1) is 18.6. The van der Waals surface area contributed by atoms with E-state index in [9.17, 15) is 14.0 Å². The molecule has 6 nitrogen and oxygen atoms in total. The number of amides is 2. The molecular formula is C20H21FN4O2. The summed E-state index contributed by atoms with van der Waals surface area (Å²) in [7, 11) is 0. The van der Waals surface area contributed by atoms with Gasteiger partial charge in [0.1, 0.15) is 5.82 Å². The van der Waals surface area contributed by atoms with Crippen molar-refractivity contribution >= 4 is 23.0 Å². The third-order valence-corrected chi connectivity index (χ3v) is 4.10. The first-order valence-corrected chi connectivity index (χ1v) is 8.78. The van der Waals surface area contributed by atoms with Crippen molar-refractivity contribution in [2.45, 2.75) is 20.3 Å². The molecule has 0 saturated heterocycles. The fourth-order valence-electron chi connectivity index (χ4n) is 2.66. The van der Waals surface area contributed by atoms with Crippen LogP contribution in [0.1, 0.15) is 41.4 Å². The molecule has 0 bridgehead atoms. The highest BCUT2D eigenvalue weighted by Crippen LogP contribution is 2.17. The van der Waals surface area contributed by atoms with Crippen molar-refractivity contribution in [3.8, 4) is 0 Å². The van der Waals surface area contributed by atoms with Crippen LogP contribution in [0.4, 0.5) is 10.1 Å². The van der Waals surface area contributed by atoms with Gasteiger partial charge in [-0.3, -0.25) is 14.0 Å². The Balaban J connectivity index is 1.89. The quantitative estimate of drug-likeness (QED) is 0.699. The monoisotopic (exact) mass is 368 g/mol. The number of benzene rings is 1. The lowest BCUT2D eigenvalue weighted by molar-refractivity contribution is 0.0941. The van der Waals surface area contributed by atoms with Crippen LogP contribution in [0.15, 0.2) is 48.7 Å². The summed E-state index contributed by atoms with van der Waals surface area (Å²) < 4.78 is 15.4. The zero-order chi connectivity index (χ0) is 19.4. The Morgan fingerprint density at radius 1 is 1.11 bits per heavy atom. The molecule has 0 saturated carbocycles. The number of nitrogens with zero attached hydrogens (tertiary/aromatic N) is 2. The fourth-order valence-corrected chi connectivity index (χ4v) is 2.66. The van der Waals surface area contributed by atoms with E-state index in [-0.39, 0.29) is 23.1 Å². The average molecular weight is 368 g/mol. The van der Waals surface area contributed by atoms with Gasteiger partial charge in [-0.1, -0.05) is 32.0 Å². The summed E-state index contributed by atoms with van der Waals surface area (Å²) in [6.45, 7) is 4.67. The molecule has 2 heterocycles. The summed E-state index contributed by atoms with van der Waals surface area (Å²) in [6, 6.07) is 11.1. The third-order valence-electron chi connectivity index (χ3n) is 4.10. The number of hydrogen-bond acceptors (Lipinski definition) is 3. The Hall–Kier alpha value is -3.22. The lowest BCUT2D eigenvalue weighted by Crippen LogP contribution is -2.27. The van der Waals surface area contributed by atoms with Gasteiger partial charge < -0.3 is 10.6 Å². The second-order valence-electron chi connectivity index (χ2n) is 6.61. The Morgan fingerprint density at radius 2 is 1.85 bits per heavy atom. The Morgan fingerprint density at radius 3 is 2.59 bits per heavy atom. The Kier molecular flexibility index (Phi) is 5.49. The molecule has 0 aliphatic rings. The van der Waals surface area contributed by atoms with Crippen LogP contribution in [0.2, 0.25) is 0 Å². The van der Waals surface area contributed by atoms with Crippen molar-refractivity contribution in [3.63, 3.8) is 0 Å². The lowest BCUT2D eigenvalue weighted by Gasteiger charge is -2.06. The normalized spacial score (nSPS) is 11.0. The third kappa shape index (κ3) is 4.13. The van der Waals surface area contributed by atoms with Crippen LogP contribution >= 0.6 is 0 Å². The standard InChI is InChI=1S/C20H21FN4O2/c1-13(2)10-11-22-20(27)18-24-17(16-9-5-6-12-25(16)18)19(26)23-15-8-4-3-7-14(15)21/h3-9,12-13H,10-11H2,1-2H3,(H,22,27)(H,23,26). The molecule has 0 radical (unpaired) electrons. The van der Waals surface area contributed by atoms with Crippen molar-refractivity contribution in [1.29, 1.82) is 0 Å². The van der Waals surface area contributed by atoms with Crippen molar-refractivity contribution in [1.82, 2.24) is 14.7 Å². The zero-order valence-electron chi connectivity index (χ0n) is 15.2. The number of carbonyl (C=O) groups is 2. The van der Waals surface area contributed by atoms with E-state index in [2.05, 4.69) is 29.5 Å². The van der Waals surface area contributed by atoms with E-state index in [0.29, 0.717) is 18.0 Å². The smallest absolute Gasteiger partial charge is 0.287 e. The van der Waals surface area contributed by atoms with Crippen molar-refractivity contribution in [2.75, 3.05) is 11.9 Å². The first-order chi connectivity index (χ1) is 13.0. The molecule has 0 aliphatic carbocycles. The van der Waals surface area contributed by atoms with Crippen LogP contribution in [-0.2, 0) is 0 Å². The van der Waals surface area contributed by atoms with E-state index in [0.717, 1.165) is 6.42 Å². The number of para-hydroxylation sites is 1. The number of rotatable bonds is 6. The van der Waals surface area contributed by atoms with Gasteiger partial charge in [-0.25, -0.2) is 9.37 Å². The zero-order valence-corrected chi connectivity index (χ0v) is 15.2. The number of aromatic nitrogens is 2. The largest absolute Gasteiger partial charge is 0.349 e. The topological polar surface area (TPSA) is 75.5 Å². The minimum atomic E-state index is -0.579. The van der Waals surface area contributed by atoms with Crippen LogP contribution in [0.5, 0.6) is 0 Å². The van der Waals surface area contributed by atoms with Gasteiger partial charge in [-0.15, -0.1) is 0 Å². The number of pyridine rings is 1. The first-order valence-electron chi connectivity index (χ1n) is 8.78. The van der Waals surface area contributed by atoms with Crippen LogP contribution in [0.3, 0.4) is 0 Å². The number of halogens is 1. The number of carbonyl (C=O) groups excluding carboxylic acids is 2. The summed E-state index contributed by atoms with van der Waals surface area (Å²) in [6.07, 6.45) is 2.51. The maximum absolute atomic E-state index is 13.8. The number of anilines is 1. The number of fused-ring (bicyclic) bond motifs is 1. The van der Waals surface area contributed by atoms with Gasteiger partial charge in [0.25, 0.3) is 11.8 Å². The molecule has 2 amide bonds. The van der Waals surface area contributed by atoms with Gasteiger partial charge >= 0.3 is 0 Å². The minimum absolute atomic E-state index is 0.0579. The molecule has 3 aromatic rings. The maximum atomic E-state index is 13.8. The van der Waals surface area contributed by atoms with E-state index in [1.165, 1.54) is 18.2 Å². The van der Waals surface area contributed by atoms with Gasteiger partial charge in [0, 0.05) is 12.7 Å². The molecule has 1 aromatic carbocycles. The van der Waals surface area contributed by atoms with Crippen LogP contribution in [0.25, 0.3) is 5.52 Å². The highest BCUT2D eigenvalue weighted by Gasteiger charge is 2.22. The molecule has 7 heteroatoms. The molecule has 0 fully saturated rings. The van der Waals surface area contributed by atoms with Gasteiger partial charge in [-0.05, 0) is 36.6 Å². The fraction of sp³-hybridized carbons (Fsp3) is 0.250. The summed E-state index contributed by atoms with van der Waals surface area (Å²) in [5.41, 5.74) is 0.593. The Bertz CT molecular complexity index is 981. The predicted molar refractivity (Wildman–Crippen MR) is 101 cm³/mol. The Labute approximate surface area is 156 Å². The molecular weight excluding hydrogens is 347 g/mol. The van der Waals surface area contributed by atoms with E-state index in [1.807, 2.05) is 0 Å². The molecule has 0 unspecified atom stereocenters. The molecule has 140 valence electrons. The second kappa shape index (κ2) is 7.99. The van der Waals surface area contributed by atoms with Crippen LogP contribution in [0, 0.1) is 11.7 Å². The summed E-state index contributed by atoms with van der Waals surface area (Å²) >= 11 is 0. The van der Waals surface area contributed by atoms with Crippen molar-refractivity contribution < 1.29 is 14.0 Å². The van der Waals surface area contributed by atoms with Gasteiger partial charge in [0.2, 0.25) is 5.82 Å². The summed E-state index contributed by atoms with van der Waals surface area (Å²) in [5, 5.41) is 5.33. The van der Waals surface area contributed by atoms with E-state index in [1.54, 1.807) is 34.9 Å². The highest BCUT2D eigenvalue weighted by atomic mass is 19.1. The van der Waals surface area contributed by atoms with Gasteiger partial charge in [-0.2, -0.15) is 0 Å². The molecule has 0 spiro atoms. The maximum Gasteiger partial charge on any atom is 0.287 e. The minimum Gasteiger partial charge on any atom is -0.349 e. The van der Waals surface area contributed by atoms with Gasteiger partial charge in [0.15, 0.2) is 5.69 Å². The van der Waals surface area contributed by atoms with Crippen LogP contribution < -0.4 is 10.6 Å². The second-order valence-corrected chi connectivity index (χ2v) is 6.61. The SMILES string of the molecule is CC(C)CCNC(=O)c1nc(C(=O)Nc2ccccc2F)c2ccccn12.